The third kappa shape index (κ3) is 3.42. The molecular weight excluding hydrogens is 359 g/mol. The Bertz CT molecular complexity index is 1040. The van der Waals surface area contributed by atoms with Gasteiger partial charge in [0.2, 0.25) is 15.9 Å². The highest BCUT2D eigenvalue weighted by atomic mass is 32.2. The Morgan fingerprint density at radius 3 is 2.54 bits per heavy atom. The number of nitrogens with zero attached hydrogens (tertiary/aromatic N) is 2. The van der Waals surface area contributed by atoms with Crippen LogP contribution in [0.15, 0.2) is 64.1 Å². The third-order valence-electron chi connectivity index (χ3n) is 3.68. The highest BCUT2D eigenvalue weighted by Gasteiger charge is 2.26. The van der Waals surface area contributed by atoms with Gasteiger partial charge in [-0.15, -0.1) is 0 Å². The predicted molar refractivity (Wildman–Crippen MR) is 94.3 cm³/mol. The lowest BCUT2D eigenvalue weighted by Crippen LogP contribution is -2.22. The number of hydrogen-bond donors (Lipinski definition) is 0. The molecule has 0 spiro atoms. The number of aliphatic imine (C=N–C) groups is 1. The Kier molecular flexibility index (Phi) is 4.71. The Labute approximate surface area is 150 Å². The van der Waals surface area contributed by atoms with E-state index in [9.17, 15) is 17.6 Å². The lowest BCUT2D eigenvalue weighted by Gasteiger charge is -2.11. The topological polar surface area (TPSA) is 76.0 Å². The molecule has 6 nitrogen and oxygen atoms in total. The maximum atomic E-state index is 13.7. The standard InChI is InChI=1S/C18H15FN2O4S/c1-21(2)26(23,24)14-8-5-7-13(10-14)17-20-16(18(22)25-17)11-12-6-3-4-9-15(12)19/h3-11H,1-2H3/b16-11+. The van der Waals surface area contributed by atoms with Crippen LogP contribution in [0.3, 0.4) is 0 Å². The maximum absolute atomic E-state index is 13.7. The highest BCUT2D eigenvalue weighted by molar-refractivity contribution is 7.89. The van der Waals surface area contributed by atoms with Gasteiger partial charge in [-0.1, -0.05) is 24.3 Å². The Balaban J connectivity index is 1.99. The van der Waals surface area contributed by atoms with Crippen molar-refractivity contribution in [3.63, 3.8) is 0 Å². The van der Waals surface area contributed by atoms with Crippen molar-refractivity contribution in [3.05, 3.63) is 71.2 Å². The molecule has 1 heterocycles. The highest BCUT2D eigenvalue weighted by Crippen LogP contribution is 2.22. The van der Waals surface area contributed by atoms with Crippen molar-refractivity contribution in [1.29, 1.82) is 0 Å². The zero-order valence-corrected chi connectivity index (χ0v) is 14.8. The van der Waals surface area contributed by atoms with Crippen LogP contribution in [-0.4, -0.2) is 38.7 Å². The van der Waals surface area contributed by atoms with E-state index >= 15 is 0 Å². The number of halogens is 1. The fraction of sp³-hybridized carbons (Fsp3) is 0.111. The van der Waals surface area contributed by atoms with Crippen molar-refractivity contribution in [2.24, 2.45) is 4.99 Å². The first-order chi connectivity index (χ1) is 12.3. The minimum atomic E-state index is -3.64. The van der Waals surface area contributed by atoms with Crippen LogP contribution in [0.4, 0.5) is 4.39 Å². The van der Waals surface area contributed by atoms with E-state index in [1.165, 1.54) is 56.6 Å². The monoisotopic (exact) mass is 374 g/mol. The average molecular weight is 374 g/mol. The Morgan fingerprint density at radius 1 is 1.12 bits per heavy atom. The first kappa shape index (κ1) is 18.0. The van der Waals surface area contributed by atoms with Gasteiger partial charge in [0.25, 0.3) is 0 Å². The van der Waals surface area contributed by atoms with Crippen LogP contribution in [0.25, 0.3) is 6.08 Å². The van der Waals surface area contributed by atoms with Crippen LogP contribution < -0.4 is 0 Å². The van der Waals surface area contributed by atoms with E-state index in [0.29, 0.717) is 5.56 Å². The minimum Gasteiger partial charge on any atom is -0.402 e. The SMILES string of the molecule is CN(C)S(=O)(=O)c1cccc(C2=N/C(=C/c3ccccc3F)C(=O)O2)c1. The zero-order chi connectivity index (χ0) is 18.9. The fourth-order valence-electron chi connectivity index (χ4n) is 2.27. The van der Waals surface area contributed by atoms with Crippen LogP contribution in [-0.2, 0) is 19.6 Å². The van der Waals surface area contributed by atoms with Crippen molar-refractivity contribution < 1.29 is 22.3 Å². The number of benzene rings is 2. The molecule has 0 atom stereocenters. The van der Waals surface area contributed by atoms with Crippen LogP contribution in [0.5, 0.6) is 0 Å². The van der Waals surface area contributed by atoms with E-state index in [1.54, 1.807) is 12.1 Å². The molecule has 2 aromatic carbocycles. The molecule has 0 aromatic heterocycles. The molecule has 1 aliphatic rings. The third-order valence-corrected chi connectivity index (χ3v) is 5.49. The molecule has 0 aliphatic carbocycles. The molecule has 1 aliphatic heterocycles. The van der Waals surface area contributed by atoms with Crippen LogP contribution in [0.1, 0.15) is 11.1 Å². The summed E-state index contributed by atoms with van der Waals surface area (Å²) in [5.74, 6) is -1.26. The quantitative estimate of drug-likeness (QED) is 0.608. The van der Waals surface area contributed by atoms with E-state index in [2.05, 4.69) is 4.99 Å². The van der Waals surface area contributed by atoms with Gasteiger partial charge in [-0.25, -0.2) is 26.9 Å². The lowest BCUT2D eigenvalue weighted by atomic mass is 10.2. The summed E-state index contributed by atoms with van der Waals surface area (Å²) in [6, 6.07) is 11.9. The number of ether oxygens (including phenoxy) is 1. The summed E-state index contributed by atoms with van der Waals surface area (Å²) in [6.45, 7) is 0. The summed E-state index contributed by atoms with van der Waals surface area (Å²) in [5, 5.41) is 0. The van der Waals surface area contributed by atoms with Gasteiger partial charge >= 0.3 is 5.97 Å². The maximum Gasteiger partial charge on any atom is 0.363 e. The summed E-state index contributed by atoms with van der Waals surface area (Å²) in [4.78, 5) is 16.1. The number of carbonyl (C=O) groups is 1. The van der Waals surface area contributed by atoms with Gasteiger partial charge in [0, 0.05) is 25.2 Å². The summed E-state index contributed by atoms with van der Waals surface area (Å²) >= 11 is 0. The number of sulfonamides is 1. The number of cyclic esters (lactones) is 1. The first-order valence-electron chi connectivity index (χ1n) is 7.59. The Hall–Kier alpha value is -2.84. The summed E-state index contributed by atoms with van der Waals surface area (Å²) in [5.41, 5.74) is 0.470. The normalized spacial score (nSPS) is 16.1. The van der Waals surface area contributed by atoms with Crippen molar-refractivity contribution >= 4 is 28.0 Å². The van der Waals surface area contributed by atoms with Gasteiger partial charge in [0.05, 0.1) is 4.90 Å². The molecule has 8 heteroatoms. The van der Waals surface area contributed by atoms with Crippen LogP contribution in [0.2, 0.25) is 0 Å². The molecule has 0 saturated carbocycles. The number of rotatable bonds is 4. The second kappa shape index (κ2) is 6.81. The molecule has 134 valence electrons. The molecule has 0 unspecified atom stereocenters. The number of carbonyl (C=O) groups excluding carboxylic acids is 1. The van der Waals surface area contributed by atoms with Gasteiger partial charge < -0.3 is 4.74 Å². The fourth-order valence-corrected chi connectivity index (χ4v) is 3.22. The molecule has 3 rings (SSSR count). The first-order valence-corrected chi connectivity index (χ1v) is 9.03. The molecule has 0 radical (unpaired) electrons. The minimum absolute atomic E-state index is 0.0339. The molecule has 0 N–H and O–H groups in total. The van der Waals surface area contributed by atoms with E-state index < -0.39 is 21.8 Å². The van der Waals surface area contributed by atoms with Crippen LogP contribution in [0, 0.1) is 5.82 Å². The average Bonchev–Trinajstić information content (AvgIpc) is 2.98. The van der Waals surface area contributed by atoms with E-state index in [-0.39, 0.29) is 22.1 Å². The summed E-state index contributed by atoms with van der Waals surface area (Å²) in [7, 11) is -0.795. The summed E-state index contributed by atoms with van der Waals surface area (Å²) < 4.78 is 44.4. The number of esters is 1. The second-order valence-electron chi connectivity index (χ2n) is 5.67. The molecule has 0 amide bonds. The van der Waals surface area contributed by atoms with Crippen LogP contribution >= 0.6 is 0 Å². The molecular formula is C18H15FN2O4S. The summed E-state index contributed by atoms with van der Waals surface area (Å²) in [6.07, 6.45) is 1.28. The van der Waals surface area contributed by atoms with Crippen molar-refractivity contribution in [1.82, 2.24) is 4.31 Å². The van der Waals surface area contributed by atoms with Gasteiger partial charge in [0.1, 0.15) is 5.82 Å². The molecule has 0 fully saturated rings. The van der Waals surface area contributed by atoms with Gasteiger partial charge in [0.15, 0.2) is 5.70 Å². The largest absolute Gasteiger partial charge is 0.402 e. The van der Waals surface area contributed by atoms with Crippen molar-refractivity contribution in [2.45, 2.75) is 4.90 Å². The predicted octanol–water partition coefficient (Wildman–Crippen LogP) is 2.42. The van der Waals surface area contributed by atoms with E-state index in [1.807, 2.05) is 0 Å². The smallest absolute Gasteiger partial charge is 0.363 e. The van der Waals surface area contributed by atoms with E-state index in [0.717, 1.165) is 4.31 Å². The molecule has 0 saturated heterocycles. The molecule has 0 bridgehead atoms. The molecule has 2 aromatic rings. The van der Waals surface area contributed by atoms with E-state index in [4.69, 9.17) is 4.74 Å². The van der Waals surface area contributed by atoms with Gasteiger partial charge in [-0.05, 0) is 30.3 Å². The van der Waals surface area contributed by atoms with Gasteiger partial charge in [-0.2, -0.15) is 0 Å². The van der Waals surface area contributed by atoms with Crippen molar-refractivity contribution in [2.75, 3.05) is 14.1 Å². The lowest BCUT2D eigenvalue weighted by molar-refractivity contribution is -0.129. The second-order valence-corrected chi connectivity index (χ2v) is 7.82. The van der Waals surface area contributed by atoms with Gasteiger partial charge in [-0.3, -0.25) is 0 Å². The zero-order valence-electron chi connectivity index (χ0n) is 14.0. The van der Waals surface area contributed by atoms with Crippen molar-refractivity contribution in [3.8, 4) is 0 Å². The number of hydrogen-bond acceptors (Lipinski definition) is 5. The molecule has 26 heavy (non-hydrogen) atoms. The Morgan fingerprint density at radius 2 is 1.85 bits per heavy atom.